The Labute approximate surface area is 109 Å². The fraction of sp³-hybridized carbons (Fsp3) is 0. The number of aromatic nitrogens is 2. The van der Waals surface area contributed by atoms with Crippen molar-refractivity contribution in [3.8, 4) is 0 Å². The summed E-state index contributed by atoms with van der Waals surface area (Å²) in [5.74, 6) is 0.266. The monoisotopic (exact) mass is 306 g/mol. The molecule has 0 saturated heterocycles. The molecule has 1 aromatic heterocycles. The SMILES string of the molecule is O=C(Nc1cnccn1)c1ccccc1.[Ag]. The van der Waals surface area contributed by atoms with Gasteiger partial charge < -0.3 is 5.32 Å². The minimum absolute atomic E-state index is 0. The summed E-state index contributed by atoms with van der Waals surface area (Å²) in [6, 6.07) is 8.97. The Morgan fingerprint density at radius 1 is 1.12 bits per heavy atom. The summed E-state index contributed by atoms with van der Waals surface area (Å²) in [4.78, 5) is 19.4. The van der Waals surface area contributed by atoms with E-state index in [9.17, 15) is 4.79 Å². The molecule has 1 amide bonds. The molecule has 0 spiro atoms. The number of anilines is 1. The van der Waals surface area contributed by atoms with Gasteiger partial charge in [0.1, 0.15) is 0 Å². The van der Waals surface area contributed by atoms with Gasteiger partial charge in [0, 0.05) is 40.3 Å². The number of rotatable bonds is 2. The van der Waals surface area contributed by atoms with Gasteiger partial charge in [-0.05, 0) is 12.1 Å². The van der Waals surface area contributed by atoms with Gasteiger partial charge in [0.25, 0.3) is 5.91 Å². The average molecular weight is 307 g/mol. The van der Waals surface area contributed by atoms with Gasteiger partial charge >= 0.3 is 0 Å². The quantitative estimate of drug-likeness (QED) is 0.860. The molecule has 0 bridgehead atoms. The largest absolute Gasteiger partial charge is 0.305 e. The fourth-order valence-electron chi connectivity index (χ4n) is 1.14. The molecule has 16 heavy (non-hydrogen) atoms. The van der Waals surface area contributed by atoms with Crippen LogP contribution in [0.4, 0.5) is 5.82 Å². The molecule has 0 fully saturated rings. The minimum Gasteiger partial charge on any atom is -0.305 e. The van der Waals surface area contributed by atoms with Crippen molar-refractivity contribution in [2.75, 3.05) is 5.32 Å². The van der Waals surface area contributed by atoms with E-state index in [1.54, 1.807) is 18.3 Å². The molecule has 1 N–H and O–H groups in total. The van der Waals surface area contributed by atoms with Crippen molar-refractivity contribution in [2.45, 2.75) is 0 Å². The Morgan fingerprint density at radius 3 is 2.50 bits per heavy atom. The maximum Gasteiger partial charge on any atom is 0.256 e. The third kappa shape index (κ3) is 3.27. The molecule has 1 aromatic carbocycles. The molecule has 1 radical (unpaired) electrons. The summed E-state index contributed by atoms with van der Waals surface area (Å²) < 4.78 is 0. The topological polar surface area (TPSA) is 54.9 Å². The third-order valence-corrected chi connectivity index (χ3v) is 1.84. The summed E-state index contributed by atoms with van der Waals surface area (Å²) in [7, 11) is 0. The fourth-order valence-corrected chi connectivity index (χ4v) is 1.14. The molecule has 85 valence electrons. The van der Waals surface area contributed by atoms with Gasteiger partial charge in [0.05, 0.1) is 6.20 Å². The zero-order chi connectivity index (χ0) is 10.5. The molecule has 5 heteroatoms. The van der Waals surface area contributed by atoms with E-state index in [0.29, 0.717) is 11.4 Å². The van der Waals surface area contributed by atoms with Gasteiger partial charge in [0.15, 0.2) is 5.82 Å². The summed E-state index contributed by atoms with van der Waals surface area (Å²) in [6.45, 7) is 0. The molecule has 1 heterocycles. The predicted octanol–water partition coefficient (Wildman–Crippen LogP) is 1.73. The average Bonchev–Trinajstić information content (AvgIpc) is 2.31. The summed E-state index contributed by atoms with van der Waals surface area (Å²) in [5, 5.41) is 2.65. The zero-order valence-corrected chi connectivity index (χ0v) is 9.71. The molecule has 4 nitrogen and oxygen atoms in total. The zero-order valence-electron chi connectivity index (χ0n) is 8.22. The van der Waals surface area contributed by atoms with Crippen LogP contribution in [0, 0.1) is 0 Å². The van der Waals surface area contributed by atoms with Crippen LogP contribution in [0.1, 0.15) is 10.4 Å². The number of carbonyl (C=O) groups excluding carboxylic acids is 1. The molecule has 0 aliphatic carbocycles. The van der Waals surface area contributed by atoms with E-state index in [4.69, 9.17) is 0 Å². The number of amides is 1. The second-order valence-electron chi connectivity index (χ2n) is 2.91. The van der Waals surface area contributed by atoms with Crippen molar-refractivity contribution in [3.05, 3.63) is 54.5 Å². The molecule has 0 saturated carbocycles. The van der Waals surface area contributed by atoms with Crippen LogP contribution in [0.25, 0.3) is 0 Å². The van der Waals surface area contributed by atoms with Crippen LogP contribution in [-0.2, 0) is 22.4 Å². The normalized spacial score (nSPS) is 9.00. The first-order chi connectivity index (χ1) is 7.36. The van der Waals surface area contributed by atoms with Crippen molar-refractivity contribution in [1.29, 1.82) is 0 Å². The van der Waals surface area contributed by atoms with Crippen LogP contribution in [0.3, 0.4) is 0 Å². The molecule has 0 atom stereocenters. The molecule has 0 aliphatic heterocycles. The molecule has 0 unspecified atom stereocenters. The van der Waals surface area contributed by atoms with E-state index < -0.39 is 0 Å². The van der Waals surface area contributed by atoms with Crippen LogP contribution in [0.2, 0.25) is 0 Å². The summed E-state index contributed by atoms with van der Waals surface area (Å²) in [6.07, 6.45) is 4.58. The van der Waals surface area contributed by atoms with Crippen molar-refractivity contribution in [1.82, 2.24) is 9.97 Å². The van der Waals surface area contributed by atoms with Crippen LogP contribution >= 0.6 is 0 Å². The van der Waals surface area contributed by atoms with Gasteiger partial charge in [-0.1, -0.05) is 18.2 Å². The number of nitrogens with zero attached hydrogens (tertiary/aromatic N) is 2. The number of nitrogens with one attached hydrogen (secondary N) is 1. The molecular formula is C11H9AgN3O. The maximum absolute atomic E-state index is 11.6. The second kappa shape index (κ2) is 6.17. The van der Waals surface area contributed by atoms with Gasteiger partial charge in [-0.3, -0.25) is 9.78 Å². The Hall–Kier alpha value is -1.49. The van der Waals surface area contributed by atoms with Crippen molar-refractivity contribution >= 4 is 11.7 Å². The van der Waals surface area contributed by atoms with Crippen LogP contribution < -0.4 is 5.32 Å². The van der Waals surface area contributed by atoms with Crippen molar-refractivity contribution in [2.24, 2.45) is 0 Å². The summed E-state index contributed by atoms with van der Waals surface area (Å²) >= 11 is 0. The molecule has 0 aliphatic rings. The third-order valence-electron chi connectivity index (χ3n) is 1.84. The van der Waals surface area contributed by atoms with E-state index in [1.807, 2.05) is 18.2 Å². The van der Waals surface area contributed by atoms with E-state index >= 15 is 0 Å². The smallest absolute Gasteiger partial charge is 0.256 e. The minimum atomic E-state index is -0.184. The predicted molar refractivity (Wildman–Crippen MR) is 56.4 cm³/mol. The molecular weight excluding hydrogens is 298 g/mol. The Balaban J connectivity index is 0.00000128. The maximum atomic E-state index is 11.6. The van der Waals surface area contributed by atoms with Gasteiger partial charge in [-0.15, -0.1) is 0 Å². The van der Waals surface area contributed by atoms with Gasteiger partial charge in [0.2, 0.25) is 0 Å². The van der Waals surface area contributed by atoms with Crippen molar-refractivity contribution in [3.63, 3.8) is 0 Å². The number of hydrogen-bond donors (Lipinski definition) is 1. The van der Waals surface area contributed by atoms with E-state index in [1.165, 1.54) is 12.4 Å². The Morgan fingerprint density at radius 2 is 1.88 bits per heavy atom. The van der Waals surface area contributed by atoms with Crippen LogP contribution in [0.5, 0.6) is 0 Å². The first-order valence-corrected chi connectivity index (χ1v) is 4.49. The summed E-state index contributed by atoms with van der Waals surface area (Å²) in [5.41, 5.74) is 0.600. The van der Waals surface area contributed by atoms with E-state index in [-0.39, 0.29) is 28.3 Å². The first-order valence-electron chi connectivity index (χ1n) is 4.49. The van der Waals surface area contributed by atoms with Crippen LogP contribution in [-0.4, -0.2) is 15.9 Å². The Bertz CT molecular complexity index is 447. The number of benzene rings is 1. The van der Waals surface area contributed by atoms with Gasteiger partial charge in [-0.25, -0.2) is 4.98 Å². The van der Waals surface area contributed by atoms with E-state index in [0.717, 1.165) is 0 Å². The van der Waals surface area contributed by atoms with Crippen molar-refractivity contribution < 1.29 is 27.2 Å². The van der Waals surface area contributed by atoms with Crippen LogP contribution in [0.15, 0.2) is 48.9 Å². The first kappa shape index (κ1) is 12.6. The molecule has 2 aromatic rings. The number of carbonyl (C=O) groups is 1. The van der Waals surface area contributed by atoms with E-state index in [2.05, 4.69) is 15.3 Å². The number of hydrogen-bond acceptors (Lipinski definition) is 3. The standard InChI is InChI=1S/C11H9N3O.Ag/c15-11(9-4-2-1-3-5-9)14-10-8-12-6-7-13-10;/h1-8H,(H,13,14,15);. The Kier molecular flexibility index (Phi) is 4.85. The second-order valence-corrected chi connectivity index (χ2v) is 2.91. The van der Waals surface area contributed by atoms with Gasteiger partial charge in [-0.2, -0.15) is 0 Å². The molecule has 2 rings (SSSR count).